The van der Waals surface area contributed by atoms with Crippen LogP contribution in [-0.4, -0.2) is 49.3 Å². The van der Waals surface area contributed by atoms with Crippen LogP contribution < -0.4 is 5.73 Å². The maximum Gasteiger partial charge on any atom is 0.418 e. The number of methoxy groups -OCH3 is 1. The maximum atomic E-state index is 12.7. The number of nitrogens with two attached hydrogens (primary N) is 1. The highest BCUT2D eigenvalue weighted by Gasteiger charge is 2.34. The maximum absolute atomic E-state index is 12.7. The number of aliphatic hydroxyl groups excluding tert-OH is 1. The summed E-state index contributed by atoms with van der Waals surface area (Å²) in [5.74, 6) is -0.700. The molecule has 1 aromatic rings. The number of halogens is 3. The van der Waals surface area contributed by atoms with Crippen LogP contribution in [0.1, 0.15) is 15.9 Å². The van der Waals surface area contributed by atoms with Crippen LogP contribution in [0.5, 0.6) is 0 Å². The Morgan fingerprint density at radius 1 is 1.48 bits per heavy atom. The van der Waals surface area contributed by atoms with Crippen LogP contribution in [0.15, 0.2) is 18.2 Å². The number of benzene rings is 1. The fourth-order valence-corrected chi connectivity index (χ4v) is 1.85. The molecule has 5 nitrogen and oxygen atoms in total. The Balaban J connectivity index is 2.98. The number of likely N-dealkylation sites (N-methyl/N-ethyl adjacent to an activating group) is 1. The average molecular weight is 306 g/mol. The number of nitrogens with zero attached hydrogens (tertiary/aromatic N) is 1. The number of aliphatic hydroxyl groups is 1. The molecule has 0 heterocycles. The van der Waals surface area contributed by atoms with Gasteiger partial charge >= 0.3 is 6.18 Å². The number of para-hydroxylation sites is 1. The van der Waals surface area contributed by atoms with E-state index in [0.29, 0.717) is 0 Å². The van der Waals surface area contributed by atoms with Crippen molar-refractivity contribution >= 4 is 11.6 Å². The number of ether oxygens (including phenoxy) is 1. The molecule has 8 heteroatoms. The highest BCUT2D eigenvalue weighted by Crippen LogP contribution is 2.35. The molecule has 0 bridgehead atoms. The van der Waals surface area contributed by atoms with Gasteiger partial charge < -0.3 is 20.5 Å². The van der Waals surface area contributed by atoms with E-state index >= 15 is 0 Å². The number of rotatable bonds is 5. The third-order valence-electron chi connectivity index (χ3n) is 2.83. The molecule has 1 unspecified atom stereocenters. The van der Waals surface area contributed by atoms with Crippen LogP contribution in [0, 0.1) is 0 Å². The van der Waals surface area contributed by atoms with Crippen molar-refractivity contribution in [3.63, 3.8) is 0 Å². The van der Waals surface area contributed by atoms with Gasteiger partial charge in [-0.1, -0.05) is 6.07 Å². The number of carbonyl (C=O) groups is 1. The molecule has 1 atom stereocenters. The van der Waals surface area contributed by atoms with Gasteiger partial charge in [-0.05, 0) is 12.1 Å². The SMILES string of the molecule is COCC(O)CN(C)C(=O)c1cccc(C(F)(F)F)c1N. The molecule has 0 spiro atoms. The van der Waals surface area contributed by atoms with E-state index in [2.05, 4.69) is 0 Å². The summed E-state index contributed by atoms with van der Waals surface area (Å²) in [7, 11) is 2.75. The molecule has 0 aromatic heterocycles. The summed E-state index contributed by atoms with van der Waals surface area (Å²) < 4.78 is 42.9. The molecular weight excluding hydrogens is 289 g/mol. The molecule has 118 valence electrons. The number of alkyl halides is 3. The van der Waals surface area contributed by atoms with Gasteiger partial charge in [-0.2, -0.15) is 13.2 Å². The number of hydrogen-bond donors (Lipinski definition) is 2. The first kappa shape index (κ1) is 17.3. The Kier molecular flexibility index (Phi) is 5.56. The molecule has 0 aliphatic carbocycles. The molecule has 0 aliphatic rings. The molecule has 1 rings (SSSR count). The van der Waals surface area contributed by atoms with Crippen LogP contribution in [-0.2, 0) is 10.9 Å². The lowest BCUT2D eigenvalue weighted by molar-refractivity contribution is -0.136. The van der Waals surface area contributed by atoms with Gasteiger partial charge in [0.05, 0.1) is 29.5 Å². The third-order valence-corrected chi connectivity index (χ3v) is 2.83. The smallest absolute Gasteiger partial charge is 0.398 e. The Hall–Kier alpha value is -1.80. The Labute approximate surface area is 120 Å². The monoisotopic (exact) mass is 306 g/mol. The number of hydrogen-bond acceptors (Lipinski definition) is 4. The van der Waals surface area contributed by atoms with E-state index in [1.807, 2.05) is 0 Å². The first-order valence-corrected chi connectivity index (χ1v) is 6.06. The summed E-state index contributed by atoms with van der Waals surface area (Å²) in [4.78, 5) is 13.2. The van der Waals surface area contributed by atoms with E-state index in [4.69, 9.17) is 10.5 Å². The fourth-order valence-electron chi connectivity index (χ4n) is 1.85. The van der Waals surface area contributed by atoms with Crippen LogP contribution in [0.2, 0.25) is 0 Å². The minimum Gasteiger partial charge on any atom is -0.398 e. The van der Waals surface area contributed by atoms with Crippen LogP contribution in [0.25, 0.3) is 0 Å². The van der Waals surface area contributed by atoms with Gasteiger partial charge in [-0.25, -0.2) is 0 Å². The van der Waals surface area contributed by atoms with Crippen molar-refractivity contribution in [2.75, 3.05) is 33.0 Å². The lowest BCUT2D eigenvalue weighted by Gasteiger charge is -2.22. The Morgan fingerprint density at radius 3 is 2.62 bits per heavy atom. The standard InChI is InChI=1S/C13H17F3N2O3/c1-18(6-8(19)7-21-2)12(20)9-4-3-5-10(11(9)17)13(14,15)16/h3-5,8,19H,6-7,17H2,1-2H3. The topological polar surface area (TPSA) is 75.8 Å². The predicted octanol–water partition coefficient (Wildman–Crippen LogP) is 1.37. The van der Waals surface area contributed by atoms with Crippen LogP contribution >= 0.6 is 0 Å². The largest absolute Gasteiger partial charge is 0.418 e. The molecule has 21 heavy (non-hydrogen) atoms. The van der Waals surface area contributed by atoms with Gasteiger partial charge in [0, 0.05) is 20.7 Å². The highest BCUT2D eigenvalue weighted by molar-refractivity contribution is 5.99. The second-order valence-electron chi connectivity index (χ2n) is 4.56. The van der Waals surface area contributed by atoms with Gasteiger partial charge in [0.2, 0.25) is 0 Å². The van der Waals surface area contributed by atoms with Gasteiger partial charge in [0.25, 0.3) is 5.91 Å². The average Bonchev–Trinajstić information content (AvgIpc) is 2.37. The summed E-state index contributed by atoms with van der Waals surface area (Å²) in [5.41, 5.74) is 3.51. The van der Waals surface area contributed by atoms with Crippen molar-refractivity contribution in [2.45, 2.75) is 12.3 Å². The normalized spacial score (nSPS) is 13.0. The van der Waals surface area contributed by atoms with E-state index in [1.54, 1.807) is 0 Å². The first-order chi connectivity index (χ1) is 9.68. The zero-order valence-electron chi connectivity index (χ0n) is 11.6. The van der Waals surface area contributed by atoms with Crippen molar-refractivity contribution in [1.82, 2.24) is 4.90 Å². The summed E-state index contributed by atoms with van der Waals surface area (Å²) in [6.45, 7) is -0.0714. The van der Waals surface area contributed by atoms with Crippen molar-refractivity contribution in [3.8, 4) is 0 Å². The van der Waals surface area contributed by atoms with E-state index in [-0.39, 0.29) is 18.7 Å². The lowest BCUT2D eigenvalue weighted by atomic mass is 10.1. The summed E-state index contributed by atoms with van der Waals surface area (Å²) in [6.07, 6.45) is -5.56. The van der Waals surface area contributed by atoms with Gasteiger partial charge in [-0.3, -0.25) is 4.79 Å². The molecule has 1 aromatic carbocycles. The molecule has 0 radical (unpaired) electrons. The number of nitrogen functional groups attached to an aromatic ring is 1. The Morgan fingerprint density at radius 2 is 2.10 bits per heavy atom. The van der Waals surface area contributed by atoms with Crippen molar-refractivity contribution in [1.29, 1.82) is 0 Å². The molecular formula is C13H17F3N2O3. The van der Waals surface area contributed by atoms with Crippen LogP contribution in [0.4, 0.5) is 18.9 Å². The van der Waals surface area contributed by atoms with Crippen molar-refractivity contribution in [2.24, 2.45) is 0 Å². The second kappa shape index (κ2) is 6.77. The van der Waals surface area contributed by atoms with Gasteiger partial charge in [-0.15, -0.1) is 0 Å². The van der Waals surface area contributed by atoms with Crippen molar-refractivity contribution in [3.05, 3.63) is 29.3 Å². The summed E-state index contributed by atoms with van der Waals surface area (Å²) in [5, 5.41) is 9.54. The molecule has 1 amide bonds. The van der Waals surface area contributed by atoms with E-state index in [9.17, 15) is 23.1 Å². The lowest BCUT2D eigenvalue weighted by Crippen LogP contribution is -2.36. The number of anilines is 1. The molecule has 0 fully saturated rings. The molecule has 0 saturated heterocycles. The minimum atomic E-state index is -4.63. The quantitative estimate of drug-likeness (QED) is 0.806. The number of amides is 1. The first-order valence-electron chi connectivity index (χ1n) is 6.06. The van der Waals surface area contributed by atoms with E-state index in [1.165, 1.54) is 20.2 Å². The Bertz CT molecular complexity index is 506. The molecule has 0 aliphatic heterocycles. The molecule has 3 N–H and O–H groups in total. The van der Waals surface area contributed by atoms with Crippen LogP contribution in [0.3, 0.4) is 0 Å². The highest BCUT2D eigenvalue weighted by atomic mass is 19.4. The minimum absolute atomic E-state index is 0.00962. The predicted molar refractivity (Wildman–Crippen MR) is 70.7 cm³/mol. The van der Waals surface area contributed by atoms with Crippen molar-refractivity contribution < 1.29 is 27.8 Å². The van der Waals surface area contributed by atoms with Gasteiger partial charge in [0.15, 0.2) is 0 Å². The zero-order chi connectivity index (χ0) is 16.2. The van der Waals surface area contributed by atoms with E-state index < -0.39 is 29.4 Å². The molecule has 0 saturated carbocycles. The van der Waals surface area contributed by atoms with E-state index in [0.717, 1.165) is 17.0 Å². The zero-order valence-corrected chi connectivity index (χ0v) is 11.6. The number of carbonyl (C=O) groups excluding carboxylic acids is 1. The third kappa shape index (κ3) is 4.33. The fraction of sp³-hybridized carbons (Fsp3) is 0.462. The summed E-state index contributed by atoms with van der Waals surface area (Å²) >= 11 is 0. The van der Waals surface area contributed by atoms with Gasteiger partial charge in [0.1, 0.15) is 0 Å². The second-order valence-corrected chi connectivity index (χ2v) is 4.56. The summed E-state index contributed by atoms with van der Waals surface area (Å²) in [6, 6.07) is 3.14.